The molecule has 5 heteroatoms. The largest absolute Gasteiger partial charge is 0.437 e. The van der Waals surface area contributed by atoms with E-state index in [0.717, 1.165) is 36.6 Å². The van der Waals surface area contributed by atoms with Gasteiger partial charge in [0.25, 0.3) is 0 Å². The van der Waals surface area contributed by atoms with Crippen LogP contribution >= 0.6 is 0 Å². The van der Waals surface area contributed by atoms with Crippen LogP contribution in [-0.2, 0) is 6.54 Å². The molecule has 0 spiro atoms. The van der Waals surface area contributed by atoms with Crippen LogP contribution in [0.4, 0.5) is 0 Å². The summed E-state index contributed by atoms with van der Waals surface area (Å²) in [6.07, 6.45) is 5.87. The van der Waals surface area contributed by atoms with Gasteiger partial charge in [-0.3, -0.25) is 4.98 Å². The monoisotopic (exact) mass is 312 g/mol. The summed E-state index contributed by atoms with van der Waals surface area (Å²) in [5.41, 5.74) is 2.05. The van der Waals surface area contributed by atoms with E-state index in [1.165, 1.54) is 12.8 Å². The Morgan fingerprint density at radius 3 is 2.78 bits per heavy atom. The van der Waals surface area contributed by atoms with Gasteiger partial charge < -0.3 is 15.0 Å². The van der Waals surface area contributed by atoms with Gasteiger partial charge in [0.1, 0.15) is 5.75 Å². The number of pyridine rings is 2. The van der Waals surface area contributed by atoms with Crippen LogP contribution in [0.1, 0.15) is 24.1 Å². The quantitative estimate of drug-likeness (QED) is 0.920. The van der Waals surface area contributed by atoms with Crippen LogP contribution in [-0.4, -0.2) is 41.0 Å². The number of rotatable bonds is 5. The van der Waals surface area contributed by atoms with Gasteiger partial charge in [-0.1, -0.05) is 6.07 Å². The lowest BCUT2D eigenvalue weighted by Gasteiger charge is -2.29. The third-order valence-corrected chi connectivity index (χ3v) is 4.25. The molecule has 23 heavy (non-hydrogen) atoms. The van der Waals surface area contributed by atoms with E-state index in [-0.39, 0.29) is 0 Å². The average molecular weight is 312 g/mol. The summed E-state index contributed by atoms with van der Waals surface area (Å²) in [4.78, 5) is 11.0. The molecule has 0 saturated carbocycles. The van der Waals surface area contributed by atoms with Crippen molar-refractivity contribution in [3.8, 4) is 11.6 Å². The molecule has 5 nitrogen and oxygen atoms in total. The third kappa shape index (κ3) is 4.50. The second-order valence-corrected chi connectivity index (χ2v) is 6.16. The molecule has 1 aliphatic rings. The Hall–Kier alpha value is -1.98. The zero-order chi connectivity index (χ0) is 16.1. The first-order valence-corrected chi connectivity index (χ1v) is 8.17. The van der Waals surface area contributed by atoms with E-state index in [9.17, 15) is 0 Å². The summed E-state index contributed by atoms with van der Waals surface area (Å²) in [5.74, 6) is 1.37. The lowest BCUT2D eigenvalue weighted by Crippen LogP contribution is -2.40. The predicted octanol–water partition coefficient (Wildman–Crippen LogP) is 2.76. The molecule has 1 N–H and O–H groups in total. The van der Waals surface area contributed by atoms with Crippen LogP contribution in [0.25, 0.3) is 0 Å². The highest BCUT2D eigenvalue weighted by atomic mass is 16.5. The number of likely N-dealkylation sites (tertiary alicyclic amines) is 1. The van der Waals surface area contributed by atoms with E-state index < -0.39 is 0 Å². The number of nitrogens with zero attached hydrogens (tertiary/aromatic N) is 3. The minimum absolute atomic E-state index is 0.570. The van der Waals surface area contributed by atoms with E-state index in [4.69, 9.17) is 4.74 Å². The fraction of sp³-hybridized carbons (Fsp3) is 0.444. The molecule has 1 fully saturated rings. The van der Waals surface area contributed by atoms with Crippen molar-refractivity contribution in [1.82, 2.24) is 20.2 Å². The topological polar surface area (TPSA) is 50.3 Å². The lowest BCUT2D eigenvalue weighted by molar-refractivity contribution is 0.233. The molecular weight excluding hydrogens is 288 g/mol. The Bertz CT molecular complexity index is 621. The predicted molar refractivity (Wildman–Crippen MR) is 90.6 cm³/mol. The minimum Gasteiger partial charge on any atom is -0.437 e. The van der Waals surface area contributed by atoms with E-state index in [0.29, 0.717) is 11.9 Å². The van der Waals surface area contributed by atoms with Gasteiger partial charge in [0.05, 0.1) is 6.20 Å². The van der Waals surface area contributed by atoms with Gasteiger partial charge in [-0.25, -0.2) is 4.98 Å². The SMILES string of the molecule is Cc1ccc(Oc2ncccc2CNC2CCN(C)CC2)cn1. The van der Waals surface area contributed by atoms with E-state index in [1.54, 1.807) is 12.4 Å². The van der Waals surface area contributed by atoms with Gasteiger partial charge in [-0.2, -0.15) is 0 Å². The lowest BCUT2D eigenvalue weighted by atomic mass is 10.1. The molecule has 0 aliphatic carbocycles. The van der Waals surface area contributed by atoms with Crippen molar-refractivity contribution >= 4 is 0 Å². The summed E-state index contributed by atoms with van der Waals surface area (Å²) in [5, 5.41) is 3.63. The van der Waals surface area contributed by atoms with Crippen molar-refractivity contribution < 1.29 is 4.74 Å². The highest BCUT2D eigenvalue weighted by molar-refractivity contribution is 5.31. The van der Waals surface area contributed by atoms with Crippen LogP contribution in [0.5, 0.6) is 11.6 Å². The molecule has 0 unspecified atom stereocenters. The molecule has 1 aliphatic heterocycles. The maximum absolute atomic E-state index is 5.90. The molecule has 0 bridgehead atoms. The number of nitrogens with one attached hydrogen (secondary N) is 1. The summed E-state index contributed by atoms with van der Waals surface area (Å²) < 4.78 is 5.90. The van der Waals surface area contributed by atoms with Crippen molar-refractivity contribution in [3.05, 3.63) is 47.9 Å². The summed E-state index contributed by atoms with van der Waals surface area (Å²) in [7, 11) is 2.18. The Balaban J connectivity index is 1.62. The second kappa shape index (κ2) is 7.53. The van der Waals surface area contributed by atoms with E-state index >= 15 is 0 Å². The number of hydrogen-bond acceptors (Lipinski definition) is 5. The van der Waals surface area contributed by atoms with Crippen LogP contribution in [0.15, 0.2) is 36.7 Å². The Morgan fingerprint density at radius 1 is 1.22 bits per heavy atom. The summed E-state index contributed by atoms with van der Waals surface area (Å²) in [6, 6.07) is 8.44. The highest BCUT2D eigenvalue weighted by Crippen LogP contribution is 2.22. The molecule has 0 radical (unpaired) electrons. The van der Waals surface area contributed by atoms with Gasteiger partial charge in [-0.15, -0.1) is 0 Å². The van der Waals surface area contributed by atoms with Crippen LogP contribution in [0.3, 0.4) is 0 Å². The number of piperidine rings is 1. The normalized spacial score (nSPS) is 16.4. The molecule has 3 heterocycles. The smallest absolute Gasteiger partial charge is 0.223 e. The van der Waals surface area contributed by atoms with Crippen LogP contribution < -0.4 is 10.1 Å². The van der Waals surface area contributed by atoms with Crippen LogP contribution in [0.2, 0.25) is 0 Å². The summed E-state index contributed by atoms with van der Waals surface area (Å²) in [6.45, 7) is 5.05. The number of hydrogen-bond donors (Lipinski definition) is 1. The van der Waals surface area contributed by atoms with Crippen molar-refractivity contribution in [2.75, 3.05) is 20.1 Å². The third-order valence-electron chi connectivity index (χ3n) is 4.25. The zero-order valence-corrected chi connectivity index (χ0v) is 13.8. The van der Waals surface area contributed by atoms with Crippen molar-refractivity contribution in [3.63, 3.8) is 0 Å². The van der Waals surface area contributed by atoms with Crippen molar-refractivity contribution in [2.24, 2.45) is 0 Å². The fourth-order valence-electron chi connectivity index (χ4n) is 2.74. The number of aryl methyl sites for hydroxylation is 1. The van der Waals surface area contributed by atoms with Gasteiger partial charge in [0.15, 0.2) is 0 Å². The van der Waals surface area contributed by atoms with Gasteiger partial charge in [0.2, 0.25) is 5.88 Å². The molecule has 122 valence electrons. The molecule has 0 aromatic carbocycles. The second-order valence-electron chi connectivity index (χ2n) is 6.16. The molecule has 2 aromatic rings. The van der Waals surface area contributed by atoms with Gasteiger partial charge >= 0.3 is 0 Å². The molecule has 2 aromatic heterocycles. The molecule has 1 saturated heterocycles. The number of ether oxygens (including phenoxy) is 1. The first-order chi connectivity index (χ1) is 11.2. The van der Waals surface area contributed by atoms with E-state index in [2.05, 4.69) is 33.3 Å². The Kier molecular flexibility index (Phi) is 5.20. The highest BCUT2D eigenvalue weighted by Gasteiger charge is 2.16. The fourth-order valence-corrected chi connectivity index (χ4v) is 2.74. The van der Waals surface area contributed by atoms with Crippen LogP contribution in [0, 0.1) is 6.92 Å². The average Bonchev–Trinajstić information content (AvgIpc) is 2.58. The van der Waals surface area contributed by atoms with Crippen molar-refractivity contribution in [2.45, 2.75) is 32.4 Å². The first kappa shape index (κ1) is 15.9. The maximum Gasteiger partial charge on any atom is 0.223 e. The van der Waals surface area contributed by atoms with Gasteiger partial charge in [0, 0.05) is 30.0 Å². The zero-order valence-electron chi connectivity index (χ0n) is 13.8. The first-order valence-electron chi connectivity index (χ1n) is 8.17. The summed E-state index contributed by atoms with van der Waals surface area (Å²) >= 11 is 0. The maximum atomic E-state index is 5.90. The molecule has 0 amide bonds. The van der Waals surface area contributed by atoms with Gasteiger partial charge in [-0.05, 0) is 58.1 Å². The number of aromatic nitrogens is 2. The molecule has 3 rings (SSSR count). The molecular formula is C18H24N4O. The minimum atomic E-state index is 0.570. The van der Waals surface area contributed by atoms with Crippen molar-refractivity contribution in [1.29, 1.82) is 0 Å². The molecule has 0 atom stereocenters. The Morgan fingerprint density at radius 2 is 2.04 bits per heavy atom. The standard InChI is InChI=1S/C18H24N4O/c1-14-5-6-17(13-20-14)23-18-15(4-3-9-19-18)12-21-16-7-10-22(2)11-8-16/h3-6,9,13,16,21H,7-8,10-12H2,1-2H3. The van der Waals surface area contributed by atoms with E-state index in [1.807, 2.05) is 25.1 Å². The Labute approximate surface area is 137 Å².